The van der Waals surface area contributed by atoms with Gasteiger partial charge in [-0.2, -0.15) is 0 Å². The number of ether oxygens (including phenoxy) is 3. The number of rotatable bonds is 9. The lowest BCUT2D eigenvalue weighted by atomic mass is 9.79. The van der Waals surface area contributed by atoms with Crippen molar-refractivity contribution in [3.8, 4) is 11.5 Å². The molecule has 1 aromatic rings. The summed E-state index contributed by atoms with van der Waals surface area (Å²) in [6, 6.07) is 4.61. The van der Waals surface area contributed by atoms with Crippen LogP contribution in [0.25, 0.3) is 0 Å². The van der Waals surface area contributed by atoms with E-state index >= 15 is 0 Å². The Bertz CT molecular complexity index is 633. The van der Waals surface area contributed by atoms with Crippen molar-refractivity contribution in [3.63, 3.8) is 0 Å². The van der Waals surface area contributed by atoms with Gasteiger partial charge in [-0.05, 0) is 61.3 Å². The topological polar surface area (TPSA) is 51.2 Å². The minimum absolute atomic E-state index is 0.227. The minimum atomic E-state index is -0.227. The number of methoxy groups -OCH3 is 1. The van der Waals surface area contributed by atoms with Crippen molar-refractivity contribution in [1.29, 1.82) is 0 Å². The Morgan fingerprint density at radius 2 is 1.96 bits per heavy atom. The summed E-state index contributed by atoms with van der Waals surface area (Å²) in [5, 5.41) is 10.8. The molecule has 1 aromatic carbocycles. The number of benzene rings is 1. The Balaban J connectivity index is 1.78. The average molecular weight is 392 g/mol. The summed E-state index contributed by atoms with van der Waals surface area (Å²) in [5.74, 6) is 2.65. The normalized spacial score (nSPS) is 24.7. The Morgan fingerprint density at radius 3 is 2.68 bits per heavy atom. The predicted molar refractivity (Wildman–Crippen MR) is 111 cm³/mol. The van der Waals surface area contributed by atoms with Gasteiger partial charge in [0.25, 0.3) is 0 Å². The largest absolute Gasteiger partial charge is 0.490 e. The van der Waals surface area contributed by atoms with Crippen LogP contribution in [0.3, 0.4) is 0 Å². The van der Waals surface area contributed by atoms with Crippen LogP contribution in [-0.4, -0.2) is 56.1 Å². The third-order valence-electron chi connectivity index (χ3n) is 5.98. The number of nitrogens with zero attached hydrogens (tertiary/aromatic N) is 1. The Hall–Kier alpha value is -1.30. The summed E-state index contributed by atoms with van der Waals surface area (Å²) in [5.41, 5.74) is 2.64. The van der Waals surface area contributed by atoms with E-state index in [0.717, 1.165) is 50.3 Å². The van der Waals surface area contributed by atoms with Crippen molar-refractivity contribution in [1.82, 2.24) is 4.90 Å². The maximum Gasteiger partial charge on any atom is 0.161 e. The molecule has 5 heteroatoms. The molecule has 0 aromatic heterocycles. The molecule has 0 saturated carbocycles. The highest BCUT2D eigenvalue weighted by Crippen LogP contribution is 2.43. The van der Waals surface area contributed by atoms with Crippen LogP contribution < -0.4 is 9.47 Å². The van der Waals surface area contributed by atoms with Gasteiger partial charge in [0.1, 0.15) is 0 Å². The molecule has 1 saturated heterocycles. The van der Waals surface area contributed by atoms with Gasteiger partial charge in [0.2, 0.25) is 0 Å². The van der Waals surface area contributed by atoms with Crippen molar-refractivity contribution < 1.29 is 19.3 Å². The van der Waals surface area contributed by atoms with Crippen LogP contribution in [0.15, 0.2) is 12.1 Å². The summed E-state index contributed by atoms with van der Waals surface area (Å²) in [6.45, 7) is 10.5. The fourth-order valence-electron chi connectivity index (χ4n) is 4.70. The van der Waals surface area contributed by atoms with E-state index in [2.05, 4.69) is 30.9 Å². The zero-order valence-corrected chi connectivity index (χ0v) is 17.9. The highest BCUT2D eigenvalue weighted by molar-refractivity contribution is 5.49. The number of aliphatic hydroxyl groups is 1. The van der Waals surface area contributed by atoms with Gasteiger partial charge in [-0.15, -0.1) is 0 Å². The zero-order chi connectivity index (χ0) is 20.1. The van der Waals surface area contributed by atoms with Crippen molar-refractivity contribution in [2.24, 2.45) is 11.8 Å². The van der Waals surface area contributed by atoms with Gasteiger partial charge in [-0.1, -0.05) is 13.8 Å². The summed E-state index contributed by atoms with van der Waals surface area (Å²) >= 11 is 0. The van der Waals surface area contributed by atoms with Crippen LogP contribution in [0, 0.1) is 11.8 Å². The van der Waals surface area contributed by atoms with E-state index in [9.17, 15) is 5.11 Å². The van der Waals surface area contributed by atoms with E-state index in [1.165, 1.54) is 11.1 Å². The molecule has 0 amide bonds. The number of hydrogen-bond acceptors (Lipinski definition) is 5. The van der Waals surface area contributed by atoms with Gasteiger partial charge in [0.15, 0.2) is 11.5 Å². The molecular weight excluding hydrogens is 354 g/mol. The van der Waals surface area contributed by atoms with Crippen LogP contribution in [-0.2, 0) is 11.2 Å². The molecule has 2 aliphatic rings. The summed E-state index contributed by atoms with van der Waals surface area (Å²) in [7, 11) is 1.71. The molecule has 3 unspecified atom stereocenters. The molecule has 0 aliphatic carbocycles. The smallest absolute Gasteiger partial charge is 0.161 e. The third-order valence-corrected chi connectivity index (χ3v) is 5.98. The van der Waals surface area contributed by atoms with E-state index < -0.39 is 0 Å². The van der Waals surface area contributed by atoms with Crippen LogP contribution in [0.5, 0.6) is 11.5 Å². The maximum absolute atomic E-state index is 10.8. The van der Waals surface area contributed by atoms with Crippen LogP contribution >= 0.6 is 0 Å². The summed E-state index contributed by atoms with van der Waals surface area (Å²) < 4.78 is 17.0. The van der Waals surface area contributed by atoms with E-state index in [0.29, 0.717) is 31.7 Å². The van der Waals surface area contributed by atoms with E-state index in [1.54, 1.807) is 7.11 Å². The van der Waals surface area contributed by atoms with Gasteiger partial charge < -0.3 is 19.3 Å². The van der Waals surface area contributed by atoms with Crippen LogP contribution in [0.1, 0.15) is 57.2 Å². The molecule has 3 rings (SSSR count). The van der Waals surface area contributed by atoms with Gasteiger partial charge in [0.05, 0.1) is 19.3 Å². The predicted octanol–water partition coefficient (Wildman–Crippen LogP) is 3.83. The quantitative estimate of drug-likeness (QED) is 0.649. The summed E-state index contributed by atoms with van der Waals surface area (Å²) in [4.78, 5) is 2.57. The Morgan fingerprint density at radius 1 is 1.18 bits per heavy atom. The monoisotopic (exact) mass is 391 g/mol. The number of aliphatic hydroxyl groups excluding tert-OH is 1. The fraction of sp³-hybridized carbons (Fsp3) is 0.739. The maximum atomic E-state index is 10.8. The van der Waals surface area contributed by atoms with Crippen LogP contribution in [0.2, 0.25) is 0 Å². The van der Waals surface area contributed by atoms with Crippen molar-refractivity contribution in [2.45, 2.75) is 58.6 Å². The van der Waals surface area contributed by atoms with E-state index in [1.807, 2.05) is 6.92 Å². The van der Waals surface area contributed by atoms with Gasteiger partial charge in [-0.3, -0.25) is 4.90 Å². The zero-order valence-electron chi connectivity index (χ0n) is 17.9. The molecule has 0 bridgehead atoms. The highest BCUT2D eigenvalue weighted by atomic mass is 16.5. The first-order valence-corrected chi connectivity index (χ1v) is 10.9. The van der Waals surface area contributed by atoms with Crippen molar-refractivity contribution >= 4 is 0 Å². The molecule has 158 valence electrons. The second-order valence-corrected chi connectivity index (χ2v) is 8.58. The molecule has 1 fully saturated rings. The average Bonchev–Trinajstić information content (AvgIpc) is 2.66. The molecule has 1 N–H and O–H groups in total. The minimum Gasteiger partial charge on any atom is -0.490 e. The fourth-order valence-corrected chi connectivity index (χ4v) is 4.70. The molecule has 0 radical (unpaired) electrons. The van der Waals surface area contributed by atoms with E-state index in [4.69, 9.17) is 14.2 Å². The van der Waals surface area contributed by atoms with Gasteiger partial charge in [0, 0.05) is 39.3 Å². The molecule has 28 heavy (non-hydrogen) atoms. The number of hydrogen-bond donors (Lipinski definition) is 1. The van der Waals surface area contributed by atoms with Crippen molar-refractivity contribution in [2.75, 3.05) is 40.0 Å². The standard InChI is InChI=1S/C23H37NO4/c1-5-27-23-13-19-17(12-22(23)28-10-6-9-26-4)7-8-24-15-18(11-16(2)3)21(25)14-20(19)24/h12-13,16,18,20-21,25H,5-11,14-15H2,1-4H3. The molecular formula is C23H37NO4. The number of fused-ring (bicyclic) bond motifs is 3. The SMILES string of the molecule is CCOc1cc2c(cc1OCCCOC)CCN1CC(CC(C)C)C(O)CC21. The lowest BCUT2D eigenvalue weighted by molar-refractivity contribution is -0.0192. The summed E-state index contributed by atoms with van der Waals surface area (Å²) in [6.07, 6.45) is 3.56. The van der Waals surface area contributed by atoms with Gasteiger partial charge >= 0.3 is 0 Å². The molecule has 5 nitrogen and oxygen atoms in total. The number of piperidine rings is 1. The molecule has 0 spiro atoms. The molecule has 2 heterocycles. The highest BCUT2D eigenvalue weighted by Gasteiger charge is 2.38. The lowest BCUT2D eigenvalue weighted by Crippen LogP contribution is -2.48. The van der Waals surface area contributed by atoms with E-state index in [-0.39, 0.29) is 12.1 Å². The second-order valence-electron chi connectivity index (χ2n) is 8.58. The second kappa shape index (κ2) is 9.95. The first-order valence-electron chi connectivity index (χ1n) is 10.9. The first-order chi connectivity index (χ1) is 13.5. The first kappa shape index (κ1) is 21.4. The molecule has 2 aliphatic heterocycles. The lowest BCUT2D eigenvalue weighted by Gasteiger charge is -2.46. The Labute approximate surface area is 170 Å². The molecule has 3 atom stereocenters. The van der Waals surface area contributed by atoms with Crippen LogP contribution in [0.4, 0.5) is 0 Å². The Kier molecular flexibility index (Phi) is 7.61. The van der Waals surface area contributed by atoms with Gasteiger partial charge in [-0.25, -0.2) is 0 Å². The third kappa shape index (κ3) is 5.00. The van der Waals surface area contributed by atoms with Crippen molar-refractivity contribution in [3.05, 3.63) is 23.3 Å².